The van der Waals surface area contributed by atoms with Crippen LogP contribution in [0.2, 0.25) is 0 Å². The van der Waals surface area contributed by atoms with Crippen LogP contribution in [0.15, 0.2) is 16.6 Å². The zero-order valence-electron chi connectivity index (χ0n) is 11.0. The highest BCUT2D eigenvalue weighted by atomic mass is 79.9. The van der Waals surface area contributed by atoms with Gasteiger partial charge in [-0.3, -0.25) is 4.90 Å². The monoisotopic (exact) mass is 328 g/mol. The van der Waals surface area contributed by atoms with E-state index in [1.54, 1.807) is 0 Å². The van der Waals surface area contributed by atoms with Gasteiger partial charge >= 0.3 is 6.09 Å². The van der Waals surface area contributed by atoms with Gasteiger partial charge in [0.05, 0.1) is 6.54 Å². The minimum absolute atomic E-state index is 0.425. The molecule has 5 nitrogen and oxygen atoms in total. The van der Waals surface area contributed by atoms with Gasteiger partial charge in [0.15, 0.2) is 0 Å². The third kappa shape index (κ3) is 3.39. The van der Waals surface area contributed by atoms with Crippen molar-refractivity contribution in [2.45, 2.75) is 13.1 Å². The summed E-state index contributed by atoms with van der Waals surface area (Å²) in [4.78, 5) is 14.4. The predicted molar refractivity (Wildman–Crippen MR) is 75.5 cm³/mol. The lowest BCUT2D eigenvalue weighted by Crippen LogP contribution is -2.22. The van der Waals surface area contributed by atoms with Crippen molar-refractivity contribution in [1.82, 2.24) is 9.80 Å². The minimum Gasteiger partial charge on any atom is -0.492 e. The Kier molecular flexibility index (Phi) is 4.31. The fourth-order valence-electron chi connectivity index (χ4n) is 2.00. The Balaban J connectivity index is 2.08. The van der Waals surface area contributed by atoms with Crippen molar-refractivity contribution in [3.63, 3.8) is 0 Å². The molecule has 0 bridgehead atoms. The van der Waals surface area contributed by atoms with Gasteiger partial charge in [-0.05, 0) is 37.4 Å². The normalized spacial score (nSPS) is 13.8. The Morgan fingerprint density at radius 2 is 2.21 bits per heavy atom. The van der Waals surface area contributed by atoms with Crippen molar-refractivity contribution in [2.24, 2.45) is 0 Å². The molecule has 1 heterocycles. The second-order valence-electron chi connectivity index (χ2n) is 4.83. The van der Waals surface area contributed by atoms with Crippen LogP contribution < -0.4 is 4.74 Å². The number of benzene rings is 1. The fraction of sp³-hybridized carbons (Fsp3) is 0.462. The maximum atomic E-state index is 11.0. The number of halogens is 1. The summed E-state index contributed by atoms with van der Waals surface area (Å²) in [5, 5.41) is 9.02. The maximum absolute atomic E-state index is 11.0. The second-order valence-corrected chi connectivity index (χ2v) is 5.69. The van der Waals surface area contributed by atoms with E-state index in [0.29, 0.717) is 19.7 Å². The number of likely N-dealkylation sites (N-methyl/N-ethyl adjacent to an activating group) is 1. The molecule has 0 spiro atoms. The largest absolute Gasteiger partial charge is 0.492 e. The Hall–Kier alpha value is -1.27. The van der Waals surface area contributed by atoms with Crippen molar-refractivity contribution in [2.75, 3.05) is 27.2 Å². The van der Waals surface area contributed by atoms with E-state index in [4.69, 9.17) is 9.84 Å². The SMILES string of the molecule is CN(C)CCOc1cc(Br)c2c(c1)CN(C(=O)O)C2. The van der Waals surface area contributed by atoms with Gasteiger partial charge in [-0.25, -0.2) is 4.79 Å². The summed E-state index contributed by atoms with van der Waals surface area (Å²) in [6, 6.07) is 3.83. The van der Waals surface area contributed by atoms with E-state index in [9.17, 15) is 4.79 Å². The minimum atomic E-state index is -0.891. The summed E-state index contributed by atoms with van der Waals surface area (Å²) in [5.41, 5.74) is 2.04. The first kappa shape index (κ1) is 14.1. The Bertz CT molecular complexity index is 491. The summed E-state index contributed by atoms with van der Waals surface area (Å²) < 4.78 is 6.59. The molecule has 2 rings (SSSR count). The number of ether oxygens (including phenoxy) is 1. The van der Waals surface area contributed by atoms with Gasteiger partial charge in [-0.15, -0.1) is 0 Å². The number of rotatable bonds is 4. The van der Waals surface area contributed by atoms with Gasteiger partial charge in [0, 0.05) is 17.6 Å². The van der Waals surface area contributed by atoms with Gasteiger partial charge in [0.2, 0.25) is 0 Å². The molecule has 1 amide bonds. The molecular weight excluding hydrogens is 312 g/mol. The van der Waals surface area contributed by atoms with Crippen LogP contribution >= 0.6 is 15.9 Å². The van der Waals surface area contributed by atoms with Crippen LogP contribution in [0.25, 0.3) is 0 Å². The quantitative estimate of drug-likeness (QED) is 0.922. The van der Waals surface area contributed by atoms with E-state index in [0.717, 1.165) is 27.9 Å². The van der Waals surface area contributed by atoms with Gasteiger partial charge < -0.3 is 14.7 Å². The van der Waals surface area contributed by atoms with Crippen LogP contribution in [0.5, 0.6) is 5.75 Å². The van der Waals surface area contributed by atoms with E-state index in [1.165, 1.54) is 4.90 Å². The lowest BCUT2D eigenvalue weighted by atomic mass is 10.1. The molecule has 0 radical (unpaired) electrons. The molecular formula is C13H17BrN2O3. The van der Waals surface area contributed by atoms with E-state index in [2.05, 4.69) is 20.8 Å². The first-order valence-corrected chi connectivity index (χ1v) is 6.83. The number of carboxylic acid groups (broad SMARTS) is 1. The molecule has 19 heavy (non-hydrogen) atoms. The molecule has 0 atom stereocenters. The molecule has 0 aromatic heterocycles. The predicted octanol–water partition coefficient (Wildman–Crippen LogP) is 2.38. The summed E-state index contributed by atoms with van der Waals surface area (Å²) in [7, 11) is 3.99. The zero-order valence-corrected chi connectivity index (χ0v) is 12.6. The molecule has 6 heteroatoms. The van der Waals surface area contributed by atoms with Gasteiger partial charge in [0.1, 0.15) is 12.4 Å². The molecule has 1 aliphatic rings. The average Bonchev–Trinajstić information content (AvgIpc) is 2.73. The first-order valence-electron chi connectivity index (χ1n) is 6.04. The highest BCUT2D eigenvalue weighted by molar-refractivity contribution is 9.10. The van der Waals surface area contributed by atoms with Crippen molar-refractivity contribution >= 4 is 22.0 Å². The van der Waals surface area contributed by atoms with Crippen LogP contribution in [0.4, 0.5) is 4.79 Å². The summed E-state index contributed by atoms with van der Waals surface area (Å²) in [6.45, 7) is 2.31. The van der Waals surface area contributed by atoms with Crippen molar-refractivity contribution in [1.29, 1.82) is 0 Å². The number of carbonyl (C=O) groups is 1. The zero-order chi connectivity index (χ0) is 14.0. The third-order valence-electron chi connectivity index (χ3n) is 3.05. The number of fused-ring (bicyclic) bond motifs is 1. The van der Waals surface area contributed by atoms with Gasteiger partial charge in [-0.1, -0.05) is 15.9 Å². The number of amides is 1. The van der Waals surface area contributed by atoms with Crippen molar-refractivity contribution in [3.05, 3.63) is 27.7 Å². The van der Waals surface area contributed by atoms with E-state index in [1.807, 2.05) is 26.2 Å². The molecule has 0 saturated heterocycles. The second kappa shape index (κ2) is 5.79. The third-order valence-corrected chi connectivity index (χ3v) is 3.76. The Morgan fingerprint density at radius 3 is 2.84 bits per heavy atom. The Labute approximate surface area is 120 Å². The lowest BCUT2D eigenvalue weighted by Gasteiger charge is -2.12. The molecule has 1 aromatic rings. The standard InChI is InChI=1S/C13H17BrN2O3/c1-15(2)3-4-19-10-5-9-7-16(13(17)18)8-11(9)12(14)6-10/h5-6H,3-4,7-8H2,1-2H3,(H,17,18). The van der Waals surface area contributed by atoms with Crippen molar-refractivity contribution in [3.8, 4) is 5.75 Å². The maximum Gasteiger partial charge on any atom is 0.407 e. The first-order chi connectivity index (χ1) is 8.97. The number of hydrogen-bond donors (Lipinski definition) is 1. The average molecular weight is 329 g/mol. The van der Waals surface area contributed by atoms with Crippen LogP contribution in [0, 0.1) is 0 Å². The topological polar surface area (TPSA) is 53.0 Å². The molecule has 0 unspecified atom stereocenters. The smallest absolute Gasteiger partial charge is 0.407 e. The highest BCUT2D eigenvalue weighted by Crippen LogP contribution is 2.33. The molecule has 104 valence electrons. The summed E-state index contributed by atoms with van der Waals surface area (Å²) in [5.74, 6) is 0.778. The lowest BCUT2D eigenvalue weighted by molar-refractivity contribution is 0.145. The van der Waals surface area contributed by atoms with Crippen molar-refractivity contribution < 1.29 is 14.6 Å². The van der Waals surface area contributed by atoms with Gasteiger partial charge in [-0.2, -0.15) is 0 Å². The molecule has 0 fully saturated rings. The molecule has 1 aromatic carbocycles. The van der Waals surface area contributed by atoms with E-state index in [-0.39, 0.29) is 0 Å². The van der Waals surface area contributed by atoms with Crippen LogP contribution in [-0.2, 0) is 13.1 Å². The molecule has 1 N–H and O–H groups in total. The van der Waals surface area contributed by atoms with E-state index < -0.39 is 6.09 Å². The Morgan fingerprint density at radius 1 is 1.47 bits per heavy atom. The molecule has 0 saturated carbocycles. The summed E-state index contributed by atoms with van der Waals surface area (Å²) >= 11 is 3.49. The van der Waals surface area contributed by atoms with Crippen LogP contribution in [0.1, 0.15) is 11.1 Å². The van der Waals surface area contributed by atoms with Crippen LogP contribution in [-0.4, -0.2) is 48.2 Å². The van der Waals surface area contributed by atoms with E-state index >= 15 is 0 Å². The number of hydrogen-bond acceptors (Lipinski definition) is 3. The van der Waals surface area contributed by atoms with Crippen LogP contribution in [0.3, 0.4) is 0 Å². The summed E-state index contributed by atoms with van der Waals surface area (Å²) in [6.07, 6.45) is -0.891. The molecule has 0 aliphatic carbocycles. The fourth-order valence-corrected chi connectivity index (χ4v) is 2.61. The molecule has 1 aliphatic heterocycles. The number of nitrogens with zero attached hydrogens (tertiary/aromatic N) is 2. The van der Waals surface area contributed by atoms with Gasteiger partial charge in [0.25, 0.3) is 0 Å². The highest BCUT2D eigenvalue weighted by Gasteiger charge is 2.25.